The van der Waals surface area contributed by atoms with Crippen molar-refractivity contribution < 1.29 is 9.59 Å². The molecule has 0 spiro atoms. The lowest BCUT2D eigenvalue weighted by Gasteiger charge is -2.58. The minimum absolute atomic E-state index is 0. The number of nitrogens with one attached hydrogen (secondary N) is 1. The van der Waals surface area contributed by atoms with E-state index in [2.05, 4.69) is 25.2 Å². The Balaban J connectivity index is 0.00000240. The van der Waals surface area contributed by atoms with Crippen LogP contribution in [0.2, 0.25) is 0 Å². The van der Waals surface area contributed by atoms with E-state index in [1.165, 1.54) is 32.1 Å². The van der Waals surface area contributed by atoms with Gasteiger partial charge in [0.1, 0.15) is 0 Å². The molecule has 4 nitrogen and oxygen atoms in total. The molecule has 4 rings (SSSR count). The van der Waals surface area contributed by atoms with Crippen molar-refractivity contribution in [1.29, 1.82) is 0 Å². The second kappa shape index (κ2) is 7.90. The van der Waals surface area contributed by atoms with Gasteiger partial charge in [-0.2, -0.15) is 0 Å². The molecule has 4 aliphatic carbocycles. The molecule has 5 unspecified atom stereocenters. The second-order valence-corrected chi connectivity index (χ2v) is 10.7. The smallest absolute Gasteiger partial charge is 0.219 e. The van der Waals surface area contributed by atoms with Crippen LogP contribution in [-0.2, 0) is 9.59 Å². The normalized spacial score (nSPS) is 43.1. The van der Waals surface area contributed by atoms with Crippen LogP contribution in [0.4, 0.5) is 0 Å². The van der Waals surface area contributed by atoms with Crippen LogP contribution >= 0.6 is 12.4 Å². The average Bonchev–Trinajstić information content (AvgIpc) is 2.96. The fraction of sp³-hybridized carbons (Fsp3) is 0.833. The molecular formula is C24H39ClN2O2. The van der Waals surface area contributed by atoms with Gasteiger partial charge in [-0.25, -0.2) is 0 Å². The van der Waals surface area contributed by atoms with Crippen LogP contribution in [0.5, 0.6) is 0 Å². The Hall–Kier alpha value is -1.03. The molecule has 0 heterocycles. The molecule has 4 aliphatic rings. The second-order valence-electron chi connectivity index (χ2n) is 10.7. The molecule has 0 radical (unpaired) electrons. The molecule has 0 saturated heterocycles. The Morgan fingerprint density at radius 1 is 1.07 bits per heavy atom. The summed E-state index contributed by atoms with van der Waals surface area (Å²) in [5.74, 6) is 2.57. The van der Waals surface area contributed by atoms with E-state index in [9.17, 15) is 9.59 Å². The van der Waals surface area contributed by atoms with Crippen LogP contribution in [0.15, 0.2) is 11.6 Å². The Bertz CT molecular complexity index is 707. The van der Waals surface area contributed by atoms with Gasteiger partial charge in [-0.15, -0.1) is 12.4 Å². The highest BCUT2D eigenvalue weighted by molar-refractivity contribution is 5.85. The van der Waals surface area contributed by atoms with Crippen LogP contribution in [0.1, 0.15) is 79.1 Å². The zero-order valence-electron chi connectivity index (χ0n) is 18.8. The number of amides is 2. The fourth-order valence-electron chi connectivity index (χ4n) is 7.71. The molecule has 0 aromatic carbocycles. The molecule has 1 N–H and O–H groups in total. The van der Waals surface area contributed by atoms with Crippen molar-refractivity contribution in [2.75, 3.05) is 7.05 Å². The summed E-state index contributed by atoms with van der Waals surface area (Å²) in [6.45, 7) is 8.31. The van der Waals surface area contributed by atoms with Gasteiger partial charge in [-0.3, -0.25) is 9.59 Å². The predicted molar refractivity (Wildman–Crippen MR) is 119 cm³/mol. The number of allylic oxidation sites excluding steroid dienone is 1. The first-order chi connectivity index (χ1) is 13.2. The molecule has 0 bridgehead atoms. The van der Waals surface area contributed by atoms with Crippen LogP contribution < -0.4 is 5.32 Å². The monoisotopic (exact) mass is 422 g/mol. The van der Waals surface area contributed by atoms with E-state index in [1.54, 1.807) is 19.4 Å². The number of carbonyl (C=O) groups excluding carboxylic acids is 2. The number of hydrogen-bond donors (Lipinski definition) is 1. The molecule has 0 aromatic heterocycles. The van der Waals surface area contributed by atoms with Crippen molar-refractivity contribution in [2.24, 2.45) is 28.6 Å². The summed E-state index contributed by atoms with van der Waals surface area (Å²) in [6, 6.07) is 0.729. The molecule has 7 atom stereocenters. The number of nitrogens with zero attached hydrogens (tertiary/aromatic N) is 1. The van der Waals surface area contributed by atoms with Crippen molar-refractivity contribution in [2.45, 2.75) is 91.1 Å². The van der Waals surface area contributed by atoms with E-state index in [-0.39, 0.29) is 29.6 Å². The molecular weight excluding hydrogens is 384 g/mol. The summed E-state index contributed by atoms with van der Waals surface area (Å²) in [5, 5.41) is 3.28. The van der Waals surface area contributed by atoms with Gasteiger partial charge in [0.15, 0.2) is 0 Å². The quantitative estimate of drug-likeness (QED) is 0.654. The van der Waals surface area contributed by atoms with Gasteiger partial charge in [0.05, 0.1) is 0 Å². The molecule has 5 heteroatoms. The lowest BCUT2D eigenvalue weighted by Crippen LogP contribution is -2.54. The van der Waals surface area contributed by atoms with Gasteiger partial charge >= 0.3 is 0 Å². The number of carbonyl (C=O) groups is 2. The molecule has 3 saturated carbocycles. The summed E-state index contributed by atoms with van der Waals surface area (Å²) in [7, 11) is 1.97. The number of rotatable bonds is 2. The van der Waals surface area contributed by atoms with E-state index < -0.39 is 0 Å². The summed E-state index contributed by atoms with van der Waals surface area (Å²) >= 11 is 0. The third kappa shape index (κ3) is 3.54. The average molecular weight is 423 g/mol. The summed E-state index contributed by atoms with van der Waals surface area (Å²) < 4.78 is 0. The topological polar surface area (TPSA) is 49.4 Å². The molecule has 0 aliphatic heterocycles. The van der Waals surface area contributed by atoms with E-state index >= 15 is 0 Å². The number of fused-ring (bicyclic) bond motifs is 5. The van der Waals surface area contributed by atoms with Crippen LogP contribution in [0.3, 0.4) is 0 Å². The van der Waals surface area contributed by atoms with E-state index in [4.69, 9.17) is 0 Å². The largest absolute Gasteiger partial charge is 0.353 e. The van der Waals surface area contributed by atoms with Crippen molar-refractivity contribution >= 4 is 24.2 Å². The zero-order valence-corrected chi connectivity index (χ0v) is 19.6. The highest BCUT2D eigenvalue weighted by atomic mass is 35.5. The molecule has 0 aromatic rings. The van der Waals surface area contributed by atoms with Crippen molar-refractivity contribution in [1.82, 2.24) is 10.2 Å². The van der Waals surface area contributed by atoms with Crippen LogP contribution in [-0.4, -0.2) is 35.8 Å². The van der Waals surface area contributed by atoms with Crippen molar-refractivity contribution in [3.05, 3.63) is 11.6 Å². The van der Waals surface area contributed by atoms with E-state index in [1.807, 2.05) is 11.9 Å². The third-order valence-electron chi connectivity index (χ3n) is 9.50. The first-order valence-corrected chi connectivity index (χ1v) is 11.4. The molecule has 3 fully saturated rings. The summed E-state index contributed by atoms with van der Waals surface area (Å²) in [5.41, 5.74) is 2.20. The maximum absolute atomic E-state index is 11.9. The van der Waals surface area contributed by atoms with Gasteiger partial charge < -0.3 is 10.2 Å². The summed E-state index contributed by atoms with van der Waals surface area (Å²) in [4.78, 5) is 25.5. The molecule has 29 heavy (non-hydrogen) atoms. The Morgan fingerprint density at radius 2 is 1.79 bits per heavy atom. The number of halogens is 1. The highest BCUT2D eigenvalue weighted by Crippen LogP contribution is 2.64. The zero-order chi connectivity index (χ0) is 20.3. The summed E-state index contributed by atoms with van der Waals surface area (Å²) in [6.07, 6.45) is 12.1. The van der Waals surface area contributed by atoms with E-state index in [0.29, 0.717) is 17.5 Å². The van der Waals surface area contributed by atoms with Crippen molar-refractivity contribution in [3.63, 3.8) is 0 Å². The Labute approximate surface area is 182 Å². The maximum atomic E-state index is 11.9. The van der Waals surface area contributed by atoms with Crippen LogP contribution in [0.25, 0.3) is 0 Å². The standard InChI is InChI=1S/C24H38N2O2.ClH/c1-15(27)25-22-9-8-20-19-7-6-17-14-18(26(5)16(2)28)10-12-23(17,3)21(19)11-13-24(20,22)4;/h6,18-22H,7-14H2,1-5H3,(H,25,27);1H/t18?,19?,20?,21?,22?,23-,24-;/m0./s1. The number of hydrogen-bond acceptors (Lipinski definition) is 2. The van der Waals surface area contributed by atoms with Crippen LogP contribution in [0, 0.1) is 28.6 Å². The fourth-order valence-corrected chi connectivity index (χ4v) is 7.71. The lowest BCUT2D eigenvalue weighted by molar-refractivity contribution is -0.130. The van der Waals surface area contributed by atoms with Gasteiger partial charge in [-0.05, 0) is 80.0 Å². The van der Waals surface area contributed by atoms with Gasteiger partial charge in [0.25, 0.3) is 0 Å². The Morgan fingerprint density at radius 3 is 2.45 bits per heavy atom. The molecule has 2 amide bonds. The first kappa shape index (κ1) is 22.7. The third-order valence-corrected chi connectivity index (χ3v) is 9.50. The lowest BCUT2D eigenvalue weighted by atomic mass is 9.47. The SMILES string of the molecule is CC(=O)NC1CCC2C3CC=C4CC(N(C)C(C)=O)CC[C@]4(C)C3CC[C@]12C.Cl. The van der Waals surface area contributed by atoms with Gasteiger partial charge in [0.2, 0.25) is 11.8 Å². The van der Waals surface area contributed by atoms with Gasteiger partial charge in [-0.1, -0.05) is 25.5 Å². The molecule has 164 valence electrons. The predicted octanol–water partition coefficient (Wildman–Crippen LogP) is 4.72. The highest BCUT2D eigenvalue weighted by Gasteiger charge is 2.58. The van der Waals surface area contributed by atoms with Gasteiger partial charge in [0, 0.05) is 33.0 Å². The van der Waals surface area contributed by atoms with Crippen molar-refractivity contribution in [3.8, 4) is 0 Å². The van der Waals surface area contributed by atoms with E-state index in [0.717, 1.165) is 37.0 Å². The maximum Gasteiger partial charge on any atom is 0.219 e. The minimum Gasteiger partial charge on any atom is -0.353 e. The Kier molecular flexibility index (Phi) is 6.17. The minimum atomic E-state index is 0. The first-order valence-electron chi connectivity index (χ1n) is 11.4.